The van der Waals surface area contributed by atoms with E-state index in [0.29, 0.717) is 0 Å². The van der Waals surface area contributed by atoms with Gasteiger partial charge < -0.3 is 4.90 Å². The molecule has 0 saturated heterocycles. The Bertz CT molecular complexity index is 821. The highest BCUT2D eigenvalue weighted by Crippen LogP contribution is 2.32. The molecule has 3 aromatic rings. The number of fused-ring (bicyclic) bond motifs is 2. The zero-order valence-corrected chi connectivity index (χ0v) is 11.9. The Labute approximate surface area is 118 Å². The van der Waals surface area contributed by atoms with Crippen LogP contribution in [0.4, 0.5) is 5.69 Å². The van der Waals surface area contributed by atoms with E-state index in [4.69, 9.17) is 10.4 Å². The molecule has 1 N–H and O–H groups in total. The minimum absolute atomic E-state index is 0.982. The molecule has 1 heterocycles. The highest BCUT2D eigenvalue weighted by atomic mass is 15.1. The average Bonchev–Trinajstić information content (AvgIpc) is 2.46. The fraction of sp³-hybridized carbons (Fsp3) is 0.176. The molecule has 0 unspecified atom stereocenters. The van der Waals surface area contributed by atoms with Crippen LogP contribution in [0.15, 0.2) is 36.4 Å². The molecular formula is C17H17N3. The molecule has 0 amide bonds. The van der Waals surface area contributed by atoms with Crippen molar-refractivity contribution in [2.24, 2.45) is 0 Å². The van der Waals surface area contributed by atoms with Crippen LogP contribution in [0.5, 0.6) is 0 Å². The zero-order valence-electron chi connectivity index (χ0n) is 11.9. The van der Waals surface area contributed by atoms with Crippen LogP contribution in [-0.2, 0) is 0 Å². The summed E-state index contributed by atoms with van der Waals surface area (Å²) in [6.45, 7) is 4.08. The van der Waals surface area contributed by atoms with Gasteiger partial charge in [-0.25, -0.2) is 0 Å². The van der Waals surface area contributed by atoms with Crippen LogP contribution < -0.4 is 4.90 Å². The van der Waals surface area contributed by atoms with Gasteiger partial charge in [0.1, 0.15) is 0 Å². The Morgan fingerprint density at radius 1 is 1.10 bits per heavy atom. The summed E-state index contributed by atoms with van der Waals surface area (Å²) in [6, 6.07) is 12.6. The number of anilines is 1. The number of nitrogens with one attached hydrogen (secondary N) is 1. The van der Waals surface area contributed by atoms with Crippen molar-refractivity contribution < 1.29 is 0 Å². The van der Waals surface area contributed by atoms with Gasteiger partial charge in [-0.3, -0.25) is 10.4 Å². The zero-order chi connectivity index (χ0) is 14.3. The van der Waals surface area contributed by atoms with Crippen molar-refractivity contribution in [1.82, 2.24) is 4.98 Å². The fourth-order valence-corrected chi connectivity index (χ4v) is 2.67. The van der Waals surface area contributed by atoms with Gasteiger partial charge in [-0.1, -0.05) is 24.3 Å². The van der Waals surface area contributed by atoms with E-state index >= 15 is 0 Å². The Hall–Kier alpha value is -2.42. The summed E-state index contributed by atoms with van der Waals surface area (Å²) in [7, 11) is 1.91. The van der Waals surface area contributed by atoms with Gasteiger partial charge in [0.2, 0.25) is 0 Å². The number of rotatable bonds is 2. The quantitative estimate of drug-likeness (QED) is 0.430. The molecule has 0 spiro atoms. The molecule has 3 nitrogen and oxygen atoms in total. The Kier molecular flexibility index (Phi) is 2.90. The number of hydrogen-bond donors (Lipinski definition) is 1. The van der Waals surface area contributed by atoms with Gasteiger partial charge in [-0.2, -0.15) is 0 Å². The van der Waals surface area contributed by atoms with Gasteiger partial charge in [0.05, 0.1) is 17.5 Å². The normalized spacial score (nSPS) is 10.9. The van der Waals surface area contributed by atoms with Crippen LogP contribution in [0.1, 0.15) is 11.3 Å². The second-order valence-corrected chi connectivity index (χ2v) is 5.13. The largest absolute Gasteiger partial charge is 0.335 e. The van der Waals surface area contributed by atoms with E-state index in [2.05, 4.69) is 31.2 Å². The third-order valence-corrected chi connectivity index (χ3v) is 3.85. The van der Waals surface area contributed by atoms with E-state index in [9.17, 15) is 0 Å². The van der Waals surface area contributed by atoms with Crippen LogP contribution in [0.3, 0.4) is 0 Å². The molecule has 3 heteroatoms. The van der Waals surface area contributed by atoms with Crippen molar-refractivity contribution >= 4 is 33.7 Å². The van der Waals surface area contributed by atoms with Crippen LogP contribution in [0, 0.1) is 19.3 Å². The van der Waals surface area contributed by atoms with Crippen LogP contribution in [-0.4, -0.2) is 18.4 Å². The first-order valence-electron chi connectivity index (χ1n) is 6.65. The molecule has 0 aliphatic heterocycles. The van der Waals surface area contributed by atoms with Crippen molar-refractivity contribution in [2.75, 3.05) is 11.9 Å². The first-order valence-corrected chi connectivity index (χ1v) is 6.65. The van der Waals surface area contributed by atoms with Crippen LogP contribution in [0.25, 0.3) is 21.7 Å². The topological polar surface area (TPSA) is 40.0 Å². The fourth-order valence-electron chi connectivity index (χ4n) is 2.67. The molecule has 2 aromatic carbocycles. The Morgan fingerprint density at radius 2 is 1.75 bits per heavy atom. The molecule has 0 fully saturated rings. The molecule has 1 aromatic heterocycles. The minimum Gasteiger partial charge on any atom is -0.335 e. The molecule has 0 atom stereocenters. The molecule has 0 saturated carbocycles. The summed E-state index contributed by atoms with van der Waals surface area (Å²) in [5.74, 6) is 0. The van der Waals surface area contributed by atoms with Gasteiger partial charge in [0.15, 0.2) is 0 Å². The molecule has 3 rings (SSSR count). The molecule has 100 valence electrons. The highest BCUT2D eigenvalue weighted by molar-refractivity contribution is 6.05. The molecule has 0 radical (unpaired) electrons. The number of nitrogens with zero attached hydrogens (tertiary/aromatic N) is 2. The van der Waals surface area contributed by atoms with Crippen molar-refractivity contribution in [3.05, 3.63) is 47.7 Å². The van der Waals surface area contributed by atoms with Gasteiger partial charge in [0, 0.05) is 18.1 Å². The molecule has 0 aliphatic rings. The molecule has 0 aliphatic carbocycles. The average molecular weight is 263 g/mol. The maximum absolute atomic E-state index is 7.53. The summed E-state index contributed by atoms with van der Waals surface area (Å²) in [5.41, 5.74) is 4.18. The second-order valence-electron chi connectivity index (χ2n) is 5.13. The third-order valence-electron chi connectivity index (χ3n) is 3.85. The smallest absolute Gasteiger partial charge is 0.0859 e. The summed E-state index contributed by atoms with van der Waals surface area (Å²) >= 11 is 0. The number of pyridine rings is 1. The van der Waals surface area contributed by atoms with E-state index in [1.807, 2.05) is 31.0 Å². The van der Waals surface area contributed by atoms with Gasteiger partial charge in [0.25, 0.3) is 0 Å². The van der Waals surface area contributed by atoms with E-state index in [-0.39, 0.29) is 0 Å². The van der Waals surface area contributed by atoms with Gasteiger partial charge in [-0.05, 0) is 42.3 Å². The molecule has 20 heavy (non-hydrogen) atoms. The van der Waals surface area contributed by atoms with Crippen LogP contribution in [0.2, 0.25) is 0 Å². The van der Waals surface area contributed by atoms with Crippen molar-refractivity contribution in [1.29, 1.82) is 5.41 Å². The lowest BCUT2D eigenvalue weighted by molar-refractivity contribution is 1.16. The van der Waals surface area contributed by atoms with Crippen molar-refractivity contribution in [3.8, 4) is 0 Å². The summed E-state index contributed by atoms with van der Waals surface area (Å²) in [6.07, 6.45) is 1.34. The van der Waals surface area contributed by atoms with Crippen LogP contribution >= 0.6 is 0 Å². The Morgan fingerprint density at radius 3 is 2.40 bits per heavy atom. The number of benzene rings is 2. The monoisotopic (exact) mass is 263 g/mol. The molecular weight excluding hydrogens is 246 g/mol. The number of aryl methyl sites for hydroxylation is 1. The maximum Gasteiger partial charge on any atom is 0.0859 e. The molecule has 0 bridgehead atoms. The summed E-state index contributed by atoms with van der Waals surface area (Å²) < 4.78 is 0. The van der Waals surface area contributed by atoms with Crippen molar-refractivity contribution in [2.45, 2.75) is 13.8 Å². The second kappa shape index (κ2) is 4.60. The first-order chi connectivity index (χ1) is 9.61. The standard InChI is InChI=1S/C17H17N3/c1-11-12(2)19-16-9-14-7-5-4-6-13(14)8-15(16)17(11)20(3)10-18/h4-10,18H,1-3H3. The first kappa shape index (κ1) is 12.6. The summed E-state index contributed by atoms with van der Waals surface area (Å²) in [5, 5.41) is 11.0. The van der Waals surface area contributed by atoms with E-state index in [1.54, 1.807) is 0 Å². The van der Waals surface area contributed by atoms with Gasteiger partial charge >= 0.3 is 0 Å². The highest BCUT2D eigenvalue weighted by Gasteiger charge is 2.12. The Balaban J connectivity index is 2.48. The lowest BCUT2D eigenvalue weighted by atomic mass is 10.0. The van der Waals surface area contributed by atoms with E-state index < -0.39 is 0 Å². The third kappa shape index (κ3) is 1.83. The minimum atomic E-state index is 0.982. The summed E-state index contributed by atoms with van der Waals surface area (Å²) in [4.78, 5) is 6.55. The maximum atomic E-state index is 7.53. The lowest BCUT2D eigenvalue weighted by Crippen LogP contribution is -2.16. The van der Waals surface area contributed by atoms with E-state index in [0.717, 1.165) is 27.8 Å². The van der Waals surface area contributed by atoms with Gasteiger partial charge in [-0.15, -0.1) is 0 Å². The number of aromatic nitrogens is 1. The van der Waals surface area contributed by atoms with E-state index in [1.165, 1.54) is 17.1 Å². The lowest BCUT2D eigenvalue weighted by Gasteiger charge is -2.20. The predicted octanol–water partition coefficient (Wildman–Crippen LogP) is 4.05. The van der Waals surface area contributed by atoms with Crippen molar-refractivity contribution in [3.63, 3.8) is 0 Å². The predicted molar refractivity (Wildman–Crippen MR) is 85.9 cm³/mol. The number of hydrogen-bond acceptors (Lipinski definition) is 2. The SMILES string of the molecule is Cc1nc2cc3ccccc3cc2c(N(C)C=N)c1C.